The number of pyridine rings is 1. The number of hydrogen-bond acceptors (Lipinski definition) is 4. The van der Waals surface area contributed by atoms with Gasteiger partial charge in [0, 0.05) is 31.4 Å². The lowest BCUT2D eigenvalue weighted by molar-refractivity contribution is -0.137. The van der Waals surface area contributed by atoms with Gasteiger partial charge in [0.1, 0.15) is 5.75 Å². The quantitative estimate of drug-likeness (QED) is 0.652. The molecule has 0 spiro atoms. The normalized spacial score (nSPS) is 16.0. The molecule has 5 nitrogen and oxygen atoms in total. The standard InChI is InChI=1S/C21H22ClF3N4O/c1-30-18-6-3-2-5-15(18)19-17(13-28-9-4-7-26-8-10-28)29-12-14(21(23,24)25)11-16(22)20(29)27-19/h2-3,5-6,11-12,26H,4,7-10,13H2,1H3. The van der Waals surface area contributed by atoms with E-state index >= 15 is 0 Å². The molecule has 0 unspecified atom stereocenters. The maximum atomic E-state index is 13.5. The van der Waals surface area contributed by atoms with Gasteiger partial charge in [-0.05, 0) is 37.7 Å². The number of nitrogens with one attached hydrogen (secondary N) is 1. The molecule has 1 aliphatic rings. The zero-order chi connectivity index (χ0) is 21.3. The number of rotatable bonds is 4. The molecule has 0 saturated carbocycles. The summed E-state index contributed by atoms with van der Waals surface area (Å²) in [6.45, 7) is 3.85. The van der Waals surface area contributed by atoms with E-state index < -0.39 is 11.7 Å². The molecule has 1 fully saturated rings. The molecule has 1 aromatic carbocycles. The molecule has 160 valence electrons. The lowest BCUT2D eigenvalue weighted by atomic mass is 10.1. The van der Waals surface area contributed by atoms with Gasteiger partial charge in [-0.1, -0.05) is 23.7 Å². The number of alkyl halides is 3. The minimum Gasteiger partial charge on any atom is -0.496 e. The molecule has 0 atom stereocenters. The fourth-order valence-electron chi connectivity index (χ4n) is 3.78. The number of fused-ring (bicyclic) bond motifs is 1. The number of halogens is 4. The lowest BCUT2D eigenvalue weighted by Gasteiger charge is -2.20. The van der Waals surface area contributed by atoms with Gasteiger partial charge in [0.15, 0.2) is 5.65 Å². The molecule has 9 heteroatoms. The number of hydrogen-bond donors (Lipinski definition) is 1. The van der Waals surface area contributed by atoms with E-state index in [1.165, 1.54) is 4.40 Å². The summed E-state index contributed by atoms with van der Waals surface area (Å²) < 4.78 is 47.3. The van der Waals surface area contributed by atoms with E-state index in [1.807, 2.05) is 24.3 Å². The highest BCUT2D eigenvalue weighted by molar-refractivity contribution is 6.33. The minimum atomic E-state index is -4.50. The smallest absolute Gasteiger partial charge is 0.417 e. The van der Waals surface area contributed by atoms with Crippen LogP contribution in [0.4, 0.5) is 13.2 Å². The molecule has 0 amide bonds. The van der Waals surface area contributed by atoms with Gasteiger partial charge in [-0.3, -0.25) is 4.90 Å². The van der Waals surface area contributed by atoms with Gasteiger partial charge < -0.3 is 14.5 Å². The Morgan fingerprint density at radius 2 is 2.00 bits per heavy atom. The monoisotopic (exact) mass is 438 g/mol. The van der Waals surface area contributed by atoms with Gasteiger partial charge in [-0.2, -0.15) is 13.2 Å². The van der Waals surface area contributed by atoms with Crippen molar-refractivity contribution in [1.29, 1.82) is 0 Å². The average molecular weight is 439 g/mol. The highest BCUT2D eigenvalue weighted by Crippen LogP contribution is 2.37. The predicted octanol–water partition coefficient (Wildman–Crippen LogP) is 4.48. The van der Waals surface area contributed by atoms with Crippen molar-refractivity contribution >= 4 is 17.2 Å². The van der Waals surface area contributed by atoms with E-state index in [0.717, 1.165) is 50.4 Å². The lowest BCUT2D eigenvalue weighted by Crippen LogP contribution is -2.28. The number of nitrogens with zero attached hydrogens (tertiary/aromatic N) is 3. The summed E-state index contributed by atoms with van der Waals surface area (Å²) in [6, 6.07) is 8.28. The maximum Gasteiger partial charge on any atom is 0.417 e. The van der Waals surface area contributed by atoms with Crippen LogP contribution in [0.15, 0.2) is 36.5 Å². The van der Waals surface area contributed by atoms with Gasteiger partial charge >= 0.3 is 6.18 Å². The Balaban J connectivity index is 1.92. The van der Waals surface area contributed by atoms with E-state index in [4.69, 9.17) is 16.3 Å². The van der Waals surface area contributed by atoms with E-state index in [0.29, 0.717) is 29.3 Å². The molecule has 0 bridgehead atoms. The van der Waals surface area contributed by atoms with Crippen molar-refractivity contribution in [3.63, 3.8) is 0 Å². The number of ether oxygens (including phenoxy) is 1. The Hall–Kier alpha value is -2.29. The highest BCUT2D eigenvalue weighted by Gasteiger charge is 2.33. The Morgan fingerprint density at radius 3 is 2.77 bits per heavy atom. The first-order chi connectivity index (χ1) is 14.4. The van der Waals surface area contributed by atoms with Crippen LogP contribution in [-0.4, -0.2) is 47.6 Å². The Bertz CT molecular complexity index is 1040. The summed E-state index contributed by atoms with van der Waals surface area (Å²) in [6.07, 6.45) is -2.45. The van der Waals surface area contributed by atoms with Crippen molar-refractivity contribution in [3.05, 3.63) is 52.8 Å². The van der Waals surface area contributed by atoms with Crippen molar-refractivity contribution in [2.24, 2.45) is 0 Å². The van der Waals surface area contributed by atoms with Gasteiger partial charge in [-0.25, -0.2) is 4.98 Å². The van der Waals surface area contributed by atoms with Crippen molar-refractivity contribution in [1.82, 2.24) is 19.6 Å². The van der Waals surface area contributed by atoms with E-state index in [9.17, 15) is 13.2 Å². The maximum absolute atomic E-state index is 13.5. The molecular formula is C21H22ClF3N4O. The first-order valence-corrected chi connectivity index (χ1v) is 10.1. The summed E-state index contributed by atoms with van der Waals surface area (Å²) in [4.78, 5) is 6.86. The van der Waals surface area contributed by atoms with Crippen LogP contribution in [0, 0.1) is 0 Å². The second-order valence-corrected chi connectivity index (χ2v) is 7.66. The SMILES string of the molecule is COc1ccccc1-c1nc2c(Cl)cc(C(F)(F)F)cn2c1CN1CCCNCC1. The van der Waals surface area contributed by atoms with Crippen molar-refractivity contribution in [2.75, 3.05) is 33.3 Å². The van der Waals surface area contributed by atoms with Gasteiger partial charge in [0.05, 0.1) is 29.1 Å². The topological polar surface area (TPSA) is 41.8 Å². The Kier molecular flexibility index (Phi) is 5.90. The number of benzene rings is 1. The molecule has 0 radical (unpaired) electrons. The summed E-state index contributed by atoms with van der Waals surface area (Å²) in [7, 11) is 1.56. The van der Waals surface area contributed by atoms with Crippen molar-refractivity contribution < 1.29 is 17.9 Å². The van der Waals surface area contributed by atoms with E-state index in [2.05, 4.69) is 15.2 Å². The summed E-state index contributed by atoms with van der Waals surface area (Å²) in [5.74, 6) is 0.604. The Morgan fingerprint density at radius 1 is 1.20 bits per heavy atom. The first kappa shape index (κ1) is 21.0. The van der Waals surface area contributed by atoms with Crippen LogP contribution in [0.1, 0.15) is 17.7 Å². The molecule has 1 aliphatic heterocycles. The fourth-order valence-corrected chi connectivity index (χ4v) is 4.04. The molecule has 2 aromatic heterocycles. The third-order valence-corrected chi connectivity index (χ3v) is 5.55. The second kappa shape index (κ2) is 8.45. The van der Waals surface area contributed by atoms with Crippen LogP contribution in [0.3, 0.4) is 0 Å². The predicted molar refractivity (Wildman–Crippen MR) is 110 cm³/mol. The summed E-state index contributed by atoms with van der Waals surface area (Å²) >= 11 is 6.25. The van der Waals surface area contributed by atoms with Gasteiger partial charge in [-0.15, -0.1) is 0 Å². The third kappa shape index (κ3) is 4.12. The largest absolute Gasteiger partial charge is 0.496 e. The summed E-state index contributed by atoms with van der Waals surface area (Å²) in [5.41, 5.74) is 1.45. The summed E-state index contributed by atoms with van der Waals surface area (Å²) in [5, 5.41) is 3.31. The highest BCUT2D eigenvalue weighted by atomic mass is 35.5. The molecule has 4 rings (SSSR count). The molecule has 1 saturated heterocycles. The van der Waals surface area contributed by atoms with Crippen LogP contribution >= 0.6 is 11.6 Å². The van der Waals surface area contributed by atoms with Crippen molar-refractivity contribution in [3.8, 4) is 17.0 Å². The zero-order valence-electron chi connectivity index (χ0n) is 16.5. The molecule has 0 aliphatic carbocycles. The number of para-hydroxylation sites is 1. The molecule has 3 heterocycles. The van der Waals surface area contributed by atoms with E-state index in [-0.39, 0.29) is 5.02 Å². The van der Waals surface area contributed by atoms with Gasteiger partial charge in [0.2, 0.25) is 0 Å². The van der Waals surface area contributed by atoms with Crippen LogP contribution in [-0.2, 0) is 12.7 Å². The van der Waals surface area contributed by atoms with Crippen LogP contribution in [0.5, 0.6) is 5.75 Å². The molecule has 3 aromatic rings. The van der Waals surface area contributed by atoms with Gasteiger partial charge in [0.25, 0.3) is 0 Å². The third-order valence-electron chi connectivity index (χ3n) is 5.27. The van der Waals surface area contributed by atoms with Crippen LogP contribution in [0.2, 0.25) is 5.02 Å². The zero-order valence-corrected chi connectivity index (χ0v) is 17.2. The van der Waals surface area contributed by atoms with Crippen LogP contribution in [0.25, 0.3) is 16.9 Å². The molecule has 1 N–H and O–H groups in total. The Labute approximate surface area is 177 Å². The van der Waals surface area contributed by atoms with Crippen LogP contribution < -0.4 is 10.1 Å². The van der Waals surface area contributed by atoms with E-state index in [1.54, 1.807) is 7.11 Å². The fraction of sp³-hybridized carbons (Fsp3) is 0.381. The van der Waals surface area contributed by atoms with Crippen molar-refractivity contribution in [2.45, 2.75) is 19.1 Å². The number of methoxy groups -OCH3 is 1. The number of imidazole rings is 1. The molecule has 30 heavy (non-hydrogen) atoms. The average Bonchev–Trinajstić information content (AvgIpc) is 2.89. The number of aromatic nitrogens is 2. The minimum absolute atomic E-state index is 0.0373. The first-order valence-electron chi connectivity index (χ1n) is 9.72. The molecular weight excluding hydrogens is 417 g/mol. The second-order valence-electron chi connectivity index (χ2n) is 7.26.